The molecule has 2 saturated heterocycles. The number of amides is 3. The Labute approximate surface area is 255 Å². The second kappa shape index (κ2) is 12.6. The molecule has 0 aliphatic carbocycles. The fourth-order valence-electron chi connectivity index (χ4n) is 6.35. The normalized spacial score (nSPS) is 21.1. The van der Waals surface area contributed by atoms with Crippen molar-refractivity contribution in [1.29, 1.82) is 0 Å². The molecule has 44 heavy (non-hydrogen) atoms. The number of hydrogen-bond acceptors (Lipinski definition) is 5. The summed E-state index contributed by atoms with van der Waals surface area (Å²) in [5.74, 6) is -0.356. The summed E-state index contributed by atoms with van der Waals surface area (Å²) in [6.45, 7) is 2.21. The van der Waals surface area contributed by atoms with Crippen LogP contribution in [0, 0.1) is 5.82 Å². The number of carbonyl (C=O) groups excluding carboxylic acids is 3. The molecule has 0 unspecified atom stereocenters. The zero-order valence-electron chi connectivity index (χ0n) is 24.9. The number of carbonyl (C=O) groups is 3. The van der Waals surface area contributed by atoms with E-state index in [0.29, 0.717) is 24.9 Å². The van der Waals surface area contributed by atoms with Gasteiger partial charge >= 0.3 is 0 Å². The average Bonchev–Trinajstić information content (AvgIpc) is 3.66. The van der Waals surface area contributed by atoms with Crippen molar-refractivity contribution >= 4 is 28.8 Å². The summed E-state index contributed by atoms with van der Waals surface area (Å²) in [7, 11) is 1.68. The summed E-state index contributed by atoms with van der Waals surface area (Å²) in [5.41, 5.74) is 4.52. The van der Waals surface area contributed by atoms with Gasteiger partial charge in [-0.25, -0.2) is 9.37 Å². The fraction of sp³-hybridized carbons (Fsp3) is 0.353. The molecule has 228 valence electrons. The molecule has 2 fully saturated rings. The number of benzene rings is 3. The van der Waals surface area contributed by atoms with Gasteiger partial charge in [0.25, 0.3) is 0 Å². The quantitative estimate of drug-likeness (QED) is 0.299. The minimum atomic E-state index is -0.928. The highest BCUT2D eigenvalue weighted by Crippen LogP contribution is 2.39. The maximum Gasteiger partial charge on any atom is 0.247 e. The van der Waals surface area contributed by atoms with E-state index in [4.69, 9.17) is 4.98 Å². The molecule has 0 bridgehead atoms. The molecule has 10 heteroatoms. The van der Waals surface area contributed by atoms with Crippen LogP contribution in [0.5, 0.6) is 0 Å². The van der Waals surface area contributed by atoms with Gasteiger partial charge in [-0.15, -0.1) is 0 Å². The Kier molecular flexibility index (Phi) is 8.43. The van der Waals surface area contributed by atoms with Crippen molar-refractivity contribution in [2.45, 2.75) is 56.8 Å². The first-order chi connectivity index (χ1) is 21.3. The van der Waals surface area contributed by atoms with E-state index in [1.54, 1.807) is 31.0 Å². The van der Waals surface area contributed by atoms with Gasteiger partial charge in [0.05, 0.1) is 29.5 Å². The summed E-state index contributed by atoms with van der Waals surface area (Å²) in [6, 6.07) is 20.1. The molecule has 3 aromatic carbocycles. The van der Waals surface area contributed by atoms with Gasteiger partial charge in [0, 0.05) is 24.7 Å². The van der Waals surface area contributed by atoms with Gasteiger partial charge in [-0.1, -0.05) is 54.6 Å². The van der Waals surface area contributed by atoms with Gasteiger partial charge in [0.2, 0.25) is 17.7 Å². The third kappa shape index (κ3) is 5.94. The molecule has 0 saturated carbocycles. The number of fused-ring (bicyclic) bond motifs is 2. The number of para-hydroxylation sites is 1. The number of rotatable bonds is 7. The van der Waals surface area contributed by atoms with E-state index >= 15 is 0 Å². The third-order valence-corrected chi connectivity index (χ3v) is 8.89. The van der Waals surface area contributed by atoms with Crippen LogP contribution in [0.3, 0.4) is 0 Å². The van der Waals surface area contributed by atoms with Crippen molar-refractivity contribution in [3.8, 4) is 11.1 Å². The van der Waals surface area contributed by atoms with Crippen LogP contribution in [0.2, 0.25) is 0 Å². The maximum atomic E-state index is 14.3. The molecule has 9 nitrogen and oxygen atoms in total. The van der Waals surface area contributed by atoms with E-state index in [1.807, 2.05) is 41.3 Å². The number of imidazole rings is 1. The Bertz CT molecular complexity index is 1660. The lowest BCUT2D eigenvalue weighted by atomic mass is 10.0. The van der Waals surface area contributed by atoms with Crippen molar-refractivity contribution < 1.29 is 18.8 Å². The fourth-order valence-corrected chi connectivity index (χ4v) is 6.35. The topological polar surface area (TPSA) is 110 Å². The van der Waals surface area contributed by atoms with Crippen molar-refractivity contribution in [3.63, 3.8) is 0 Å². The number of nitrogens with zero attached hydrogens (tertiary/aromatic N) is 3. The van der Waals surface area contributed by atoms with Crippen LogP contribution in [-0.4, -0.2) is 75.8 Å². The van der Waals surface area contributed by atoms with Gasteiger partial charge in [-0.2, -0.15) is 0 Å². The highest BCUT2D eigenvalue weighted by atomic mass is 19.1. The smallest absolute Gasteiger partial charge is 0.247 e. The second-order valence-electron chi connectivity index (χ2n) is 11.7. The van der Waals surface area contributed by atoms with Gasteiger partial charge in [0.15, 0.2) is 0 Å². The van der Waals surface area contributed by atoms with Crippen LogP contribution < -0.4 is 10.6 Å². The van der Waals surface area contributed by atoms with Crippen LogP contribution in [0.1, 0.15) is 43.6 Å². The van der Waals surface area contributed by atoms with E-state index in [0.717, 1.165) is 34.4 Å². The molecule has 2 aliphatic rings. The molecule has 0 radical (unpaired) electrons. The van der Waals surface area contributed by atoms with Crippen molar-refractivity contribution in [2.24, 2.45) is 0 Å². The average molecular weight is 597 g/mol. The maximum absolute atomic E-state index is 14.3. The first-order valence-corrected chi connectivity index (χ1v) is 15.2. The molecule has 4 atom stereocenters. The van der Waals surface area contributed by atoms with Crippen LogP contribution in [-0.2, 0) is 20.8 Å². The van der Waals surface area contributed by atoms with E-state index < -0.39 is 12.1 Å². The number of H-pyrrole nitrogens is 1. The Morgan fingerprint density at radius 1 is 1.02 bits per heavy atom. The standard InChI is InChI=1S/C34H37FN6O3/c1-21(36-2)33(43)38-28-20-40(30(42)19-22-11-13-24(35)14-12-22)18-17-25-15-16-29(41(25)34(28)44)32-37-27-10-6-9-26(31(27)39-32)23-7-4-3-5-8-23/h3-14,21,25,28-29,36H,15-20H2,1-2H3,(H,37,39)(H,38,43)/t21-,25+,28-,29-/m0/s1. The lowest BCUT2D eigenvalue weighted by molar-refractivity contribution is -0.143. The lowest BCUT2D eigenvalue weighted by Crippen LogP contribution is -2.60. The Morgan fingerprint density at radius 3 is 2.55 bits per heavy atom. The zero-order valence-corrected chi connectivity index (χ0v) is 24.9. The predicted octanol–water partition coefficient (Wildman–Crippen LogP) is 3.97. The minimum absolute atomic E-state index is 0.0509. The van der Waals surface area contributed by atoms with Crippen LogP contribution in [0.25, 0.3) is 22.2 Å². The molecule has 4 aromatic rings. The predicted molar refractivity (Wildman–Crippen MR) is 166 cm³/mol. The van der Waals surface area contributed by atoms with Crippen LogP contribution in [0.4, 0.5) is 4.39 Å². The Hall–Kier alpha value is -4.57. The van der Waals surface area contributed by atoms with Crippen molar-refractivity contribution in [2.75, 3.05) is 20.1 Å². The number of halogens is 1. The Morgan fingerprint density at radius 2 is 1.80 bits per heavy atom. The summed E-state index contributed by atoms with van der Waals surface area (Å²) >= 11 is 0. The SMILES string of the molecule is CN[C@@H](C)C(=O)N[C@H]1CN(C(=O)Cc2ccc(F)cc2)CC[C@H]2CC[C@@H](c3nc4c(-c5ccccc5)cccc4[nH]3)N2C1=O. The van der Waals surface area contributed by atoms with E-state index in [2.05, 4.69) is 27.8 Å². The molecule has 3 N–H and O–H groups in total. The number of nitrogens with one attached hydrogen (secondary N) is 3. The molecular weight excluding hydrogens is 559 g/mol. The van der Waals surface area contributed by atoms with Gasteiger partial charge in [0.1, 0.15) is 17.7 Å². The number of aromatic amines is 1. The van der Waals surface area contributed by atoms with Crippen LogP contribution >= 0.6 is 0 Å². The zero-order chi connectivity index (χ0) is 30.8. The van der Waals surface area contributed by atoms with Crippen LogP contribution in [0.15, 0.2) is 72.8 Å². The second-order valence-corrected chi connectivity index (χ2v) is 11.7. The number of hydrogen-bond donors (Lipinski definition) is 3. The first-order valence-electron chi connectivity index (χ1n) is 15.2. The molecule has 0 spiro atoms. The third-order valence-electron chi connectivity index (χ3n) is 8.89. The molecule has 3 heterocycles. The van der Waals surface area contributed by atoms with E-state index in [9.17, 15) is 18.8 Å². The molecule has 3 amide bonds. The summed E-state index contributed by atoms with van der Waals surface area (Å²) in [6.07, 6.45) is 2.17. The van der Waals surface area contributed by atoms with E-state index in [1.165, 1.54) is 12.1 Å². The Balaban J connectivity index is 1.29. The highest BCUT2D eigenvalue weighted by molar-refractivity contribution is 5.93. The van der Waals surface area contributed by atoms with Gasteiger partial charge < -0.3 is 25.4 Å². The van der Waals surface area contributed by atoms with Gasteiger partial charge in [-0.3, -0.25) is 14.4 Å². The molecule has 2 aliphatic heterocycles. The van der Waals surface area contributed by atoms with Crippen molar-refractivity contribution in [1.82, 2.24) is 30.4 Å². The summed E-state index contributed by atoms with van der Waals surface area (Å²) in [5, 5.41) is 5.84. The summed E-state index contributed by atoms with van der Waals surface area (Å²) < 4.78 is 13.4. The molecule has 6 rings (SSSR count). The lowest BCUT2D eigenvalue weighted by Gasteiger charge is -2.39. The monoisotopic (exact) mass is 596 g/mol. The number of aromatic nitrogens is 2. The van der Waals surface area contributed by atoms with Gasteiger partial charge in [-0.05, 0) is 62.6 Å². The van der Waals surface area contributed by atoms with Crippen molar-refractivity contribution in [3.05, 3.63) is 90.0 Å². The summed E-state index contributed by atoms with van der Waals surface area (Å²) in [4.78, 5) is 52.9. The number of likely N-dealkylation sites (N-methyl/N-ethyl adjacent to an activating group) is 1. The highest BCUT2D eigenvalue weighted by Gasteiger charge is 2.44. The largest absolute Gasteiger partial charge is 0.341 e. The molecule has 1 aromatic heterocycles. The first kappa shape index (κ1) is 29.5. The minimum Gasteiger partial charge on any atom is -0.341 e. The van der Waals surface area contributed by atoms with E-state index in [-0.39, 0.29) is 48.6 Å². The molecular formula is C34H37FN6O3.